The van der Waals surface area contributed by atoms with E-state index in [0.29, 0.717) is 6.61 Å². The SMILES string of the molecule is CCOCc1ccccc1NC(CC)c1ccc(Cl)cc1. The molecule has 21 heavy (non-hydrogen) atoms. The number of hydrogen-bond donors (Lipinski definition) is 1. The van der Waals surface area contributed by atoms with Crippen molar-refractivity contribution in [2.45, 2.75) is 32.9 Å². The molecule has 0 aliphatic heterocycles. The van der Waals surface area contributed by atoms with Crippen LogP contribution in [0.2, 0.25) is 5.02 Å². The summed E-state index contributed by atoms with van der Waals surface area (Å²) >= 11 is 5.97. The van der Waals surface area contributed by atoms with Crippen molar-refractivity contribution in [3.8, 4) is 0 Å². The van der Waals surface area contributed by atoms with Gasteiger partial charge in [0.25, 0.3) is 0 Å². The van der Waals surface area contributed by atoms with Crippen LogP contribution in [0, 0.1) is 0 Å². The molecule has 0 saturated heterocycles. The average molecular weight is 304 g/mol. The lowest BCUT2D eigenvalue weighted by atomic mass is 10.0. The van der Waals surface area contributed by atoms with E-state index in [-0.39, 0.29) is 6.04 Å². The number of ether oxygens (including phenoxy) is 1. The summed E-state index contributed by atoms with van der Waals surface area (Å²) < 4.78 is 5.54. The van der Waals surface area contributed by atoms with Gasteiger partial charge in [0.2, 0.25) is 0 Å². The van der Waals surface area contributed by atoms with Gasteiger partial charge in [0.1, 0.15) is 0 Å². The molecule has 112 valence electrons. The van der Waals surface area contributed by atoms with Gasteiger partial charge in [-0.05, 0) is 37.1 Å². The minimum atomic E-state index is 0.269. The highest BCUT2D eigenvalue weighted by atomic mass is 35.5. The van der Waals surface area contributed by atoms with E-state index in [0.717, 1.165) is 23.7 Å². The van der Waals surface area contributed by atoms with Gasteiger partial charge >= 0.3 is 0 Å². The zero-order valence-electron chi connectivity index (χ0n) is 12.6. The van der Waals surface area contributed by atoms with Crippen molar-refractivity contribution in [1.82, 2.24) is 0 Å². The normalized spacial score (nSPS) is 12.1. The highest BCUT2D eigenvalue weighted by Gasteiger charge is 2.11. The van der Waals surface area contributed by atoms with Crippen molar-refractivity contribution in [3.63, 3.8) is 0 Å². The van der Waals surface area contributed by atoms with Crippen molar-refractivity contribution in [3.05, 3.63) is 64.7 Å². The van der Waals surface area contributed by atoms with Gasteiger partial charge in [0, 0.05) is 22.9 Å². The Balaban J connectivity index is 2.16. The Morgan fingerprint density at radius 3 is 2.43 bits per heavy atom. The molecule has 2 aromatic rings. The Labute approximate surface area is 132 Å². The number of para-hydroxylation sites is 1. The number of nitrogens with one attached hydrogen (secondary N) is 1. The minimum Gasteiger partial charge on any atom is -0.378 e. The second kappa shape index (κ2) is 8.06. The third-order valence-electron chi connectivity index (χ3n) is 3.49. The number of halogens is 1. The van der Waals surface area contributed by atoms with Crippen LogP contribution in [0.1, 0.15) is 37.4 Å². The molecule has 0 saturated carbocycles. The van der Waals surface area contributed by atoms with E-state index in [4.69, 9.17) is 16.3 Å². The predicted molar refractivity (Wildman–Crippen MR) is 89.9 cm³/mol. The maximum Gasteiger partial charge on any atom is 0.0736 e. The fourth-order valence-electron chi connectivity index (χ4n) is 2.30. The molecule has 1 atom stereocenters. The Bertz CT molecular complexity index is 553. The van der Waals surface area contributed by atoms with Crippen LogP contribution in [0.25, 0.3) is 0 Å². The first-order chi connectivity index (χ1) is 10.2. The number of benzene rings is 2. The van der Waals surface area contributed by atoms with Gasteiger partial charge in [-0.3, -0.25) is 0 Å². The highest BCUT2D eigenvalue weighted by molar-refractivity contribution is 6.30. The third kappa shape index (κ3) is 4.48. The molecule has 0 spiro atoms. The van der Waals surface area contributed by atoms with Gasteiger partial charge in [-0.25, -0.2) is 0 Å². The van der Waals surface area contributed by atoms with Crippen molar-refractivity contribution in [2.24, 2.45) is 0 Å². The first-order valence-corrected chi connectivity index (χ1v) is 7.80. The van der Waals surface area contributed by atoms with Gasteiger partial charge in [-0.1, -0.05) is 48.9 Å². The summed E-state index contributed by atoms with van der Waals surface area (Å²) in [4.78, 5) is 0. The van der Waals surface area contributed by atoms with Crippen LogP contribution in [-0.2, 0) is 11.3 Å². The molecule has 0 bridgehead atoms. The Kier molecular flexibility index (Phi) is 6.09. The van der Waals surface area contributed by atoms with Crippen LogP contribution in [0.5, 0.6) is 0 Å². The smallest absolute Gasteiger partial charge is 0.0736 e. The van der Waals surface area contributed by atoms with Crippen LogP contribution < -0.4 is 5.32 Å². The maximum atomic E-state index is 5.97. The molecular weight excluding hydrogens is 282 g/mol. The molecule has 1 N–H and O–H groups in total. The van der Waals surface area contributed by atoms with E-state index in [1.807, 2.05) is 31.2 Å². The van der Waals surface area contributed by atoms with Crippen LogP contribution in [0.15, 0.2) is 48.5 Å². The second-order valence-electron chi connectivity index (χ2n) is 4.95. The van der Waals surface area contributed by atoms with E-state index < -0.39 is 0 Å². The van der Waals surface area contributed by atoms with Gasteiger partial charge in [-0.15, -0.1) is 0 Å². The van der Waals surface area contributed by atoms with Crippen LogP contribution in [-0.4, -0.2) is 6.61 Å². The maximum absolute atomic E-state index is 5.97. The molecule has 2 aromatic carbocycles. The van der Waals surface area contributed by atoms with Crippen molar-refractivity contribution < 1.29 is 4.74 Å². The molecule has 0 fully saturated rings. The zero-order valence-corrected chi connectivity index (χ0v) is 13.4. The van der Waals surface area contributed by atoms with E-state index in [2.05, 4.69) is 36.5 Å². The van der Waals surface area contributed by atoms with Crippen LogP contribution in [0.3, 0.4) is 0 Å². The first kappa shape index (κ1) is 15.9. The number of hydrogen-bond acceptors (Lipinski definition) is 2. The molecule has 0 heterocycles. The Hall–Kier alpha value is -1.51. The summed E-state index contributed by atoms with van der Waals surface area (Å²) in [6.45, 7) is 5.55. The van der Waals surface area contributed by atoms with E-state index in [1.54, 1.807) is 0 Å². The lowest BCUT2D eigenvalue weighted by Gasteiger charge is -2.21. The molecule has 0 aliphatic rings. The fraction of sp³-hybridized carbons (Fsp3) is 0.333. The fourth-order valence-corrected chi connectivity index (χ4v) is 2.43. The molecule has 2 rings (SSSR count). The summed E-state index contributed by atoms with van der Waals surface area (Å²) in [5.74, 6) is 0. The monoisotopic (exact) mass is 303 g/mol. The molecule has 3 heteroatoms. The Morgan fingerprint density at radius 2 is 1.76 bits per heavy atom. The van der Waals surface area contributed by atoms with E-state index >= 15 is 0 Å². The van der Waals surface area contributed by atoms with E-state index in [1.165, 1.54) is 11.1 Å². The quantitative estimate of drug-likeness (QED) is 0.735. The number of anilines is 1. The standard InChI is InChI=1S/C18H22ClNO/c1-3-17(14-9-11-16(19)12-10-14)20-18-8-6-5-7-15(18)13-21-4-2/h5-12,17,20H,3-4,13H2,1-2H3. The molecule has 2 nitrogen and oxygen atoms in total. The minimum absolute atomic E-state index is 0.269. The Morgan fingerprint density at radius 1 is 1.05 bits per heavy atom. The summed E-state index contributed by atoms with van der Waals surface area (Å²) in [5, 5.41) is 4.39. The second-order valence-corrected chi connectivity index (χ2v) is 5.39. The van der Waals surface area contributed by atoms with Crippen molar-refractivity contribution in [1.29, 1.82) is 0 Å². The predicted octanol–water partition coefficient (Wildman–Crippen LogP) is 5.44. The van der Waals surface area contributed by atoms with Crippen LogP contribution in [0.4, 0.5) is 5.69 Å². The van der Waals surface area contributed by atoms with Gasteiger partial charge in [0.15, 0.2) is 0 Å². The summed E-state index contributed by atoms with van der Waals surface area (Å²) in [6.07, 6.45) is 1.00. The zero-order chi connectivity index (χ0) is 15.1. The topological polar surface area (TPSA) is 21.3 Å². The summed E-state index contributed by atoms with van der Waals surface area (Å²) in [5.41, 5.74) is 3.56. The van der Waals surface area contributed by atoms with Gasteiger partial charge < -0.3 is 10.1 Å². The summed E-state index contributed by atoms with van der Waals surface area (Å²) in [6, 6.07) is 16.6. The molecular formula is C18H22ClNO. The molecule has 0 aliphatic carbocycles. The lowest BCUT2D eigenvalue weighted by molar-refractivity contribution is 0.134. The van der Waals surface area contributed by atoms with Gasteiger partial charge in [0.05, 0.1) is 12.6 Å². The number of rotatable bonds is 7. The van der Waals surface area contributed by atoms with Crippen LogP contribution >= 0.6 is 11.6 Å². The highest BCUT2D eigenvalue weighted by Crippen LogP contribution is 2.26. The van der Waals surface area contributed by atoms with Crippen molar-refractivity contribution in [2.75, 3.05) is 11.9 Å². The van der Waals surface area contributed by atoms with Crippen molar-refractivity contribution >= 4 is 17.3 Å². The lowest BCUT2D eigenvalue weighted by Crippen LogP contribution is -2.11. The first-order valence-electron chi connectivity index (χ1n) is 7.42. The average Bonchev–Trinajstić information content (AvgIpc) is 2.52. The molecule has 0 amide bonds. The largest absolute Gasteiger partial charge is 0.378 e. The molecule has 0 radical (unpaired) electrons. The van der Waals surface area contributed by atoms with Gasteiger partial charge in [-0.2, -0.15) is 0 Å². The third-order valence-corrected chi connectivity index (χ3v) is 3.74. The molecule has 0 aromatic heterocycles. The molecule has 1 unspecified atom stereocenters. The summed E-state index contributed by atoms with van der Waals surface area (Å²) in [7, 11) is 0. The van der Waals surface area contributed by atoms with E-state index in [9.17, 15) is 0 Å².